The zero-order valence-corrected chi connectivity index (χ0v) is 10.1. The largest absolute Gasteiger partial charge is 0.439 e. The third kappa shape index (κ3) is 5.82. The van der Waals surface area contributed by atoms with Crippen LogP contribution in [0.5, 0.6) is 0 Å². The van der Waals surface area contributed by atoms with Crippen LogP contribution in [0.1, 0.15) is 33.1 Å². The van der Waals surface area contributed by atoms with Gasteiger partial charge in [-0.3, -0.25) is 14.5 Å². The van der Waals surface area contributed by atoms with E-state index in [2.05, 4.69) is 0 Å². The molecule has 0 aliphatic rings. The van der Waals surface area contributed by atoms with Crippen LogP contribution in [0.3, 0.4) is 0 Å². The molecule has 1 unspecified atom stereocenters. The first-order chi connectivity index (χ1) is 7.69. The minimum Gasteiger partial charge on any atom is -0.439 e. The quantitative estimate of drug-likeness (QED) is 0.355. The van der Waals surface area contributed by atoms with E-state index in [1.807, 2.05) is 18.7 Å². The zero-order chi connectivity index (χ0) is 12.4. The predicted octanol–water partition coefficient (Wildman–Crippen LogP) is 0.525. The molecule has 0 rings (SSSR count). The molecule has 0 radical (unpaired) electrons. The van der Waals surface area contributed by atoms with Crippen LogP contribution in [0.25, 0.3) is 0 Å². The number of esters is 1. The van der Waals surface area contributed by atoms with Crippen molar-refractivity contribution < 1.29 is 14.3 Å². The number of nitrogens with zero attached hydrogens (tertiary/aromatic N) is 1. The zero-order valence-electron chi connectivity index (χ0n) is 10.1. The third-order valence-electron chi connectivity index (χ3n) is 2.10. The number of rotatable bonds is 9. The van der Waals surface area contributed by atoms with Gasteiger partial charge in [-0.25, -0.2) is 0 Å². The third-order valence-corrected chi connectivity index (χ3v) is 2.10. The predicted molar refractivity (Wildman–Crippen MR) is 61.8 cm³/mol. The highest BCUT2D eigenvalue weighted by Crippen LogP contribution is 2.03. The highest BCUT2D eigenvalue weighted by molar-refractivity contribution is 5.72. The molecular formula is C11H22N2O3. The van der Waals surface area contributed by atoms with E-state index < -0.39 is 12.2 Å². The maximum atomic E-state index is 11.2. The van der Waals surface area contributed by atoms with Crippen LogP contribution < -0.4 is 5.73 Å². The fraction of sp³-hybridized carbons (Fsp3) is 0.818. The molecule has 16 heavy (non-hydrogen) atoms. The average molecular weight is 230 g/mol. The number of aldehydes is 1. The van der Waals surface area contributed by atoms with Crippen molar-refractivity contribution in [3.05, 3.63) is 0 Å². The molecule has 2 N–H and O–H groups in total. The monoisotopic (exact) mass is 230 g/mol. The summed E-state index contributed by atoms with van der Waals surface area (Å²) in [5, 5.41) is 0. The van der Waals surface area contributed by atoms with Gasteiger partial charge in [0.2, 0.25) is 6.23 Å². The van der Waals surface area contributed by atoms with Gasteiger partial charge in [-0.05, 0) is 12.8 Å². The summed E-state index contributed by atoms with van der Waals surface area (Å²) in [7, 11) is 0. The standard InChI is InChI=1S/C11H22N2O3/c1-3-7-13(8-4-2)10(9-14)16-11(15)5-6-12/h9-10H,3-8,12H2,1-2H3. The lowest BCUT2D eigenvalue weighted by molar-refractivity contribution is -0.162. The van der Waals surface area contributed by atoms with Gasteiger partial charge in [0.15, 0.2) is 6.29 Å². The van der Waals surface area contributed by atoms with Crippen LogP contribution in [0.15, 0.2) is 0 Å². The molecule has 0 saturated heterocycles. The lowest BCUT2D eigenvalue weighted by Crippen LogP contribution is -2.41. The molecule has 0 amide bonds. The van der Waals surface area contributed by atoms with Gasteiger partial charge in [0.05, 0.1) is 6.42 Å². The summed E-state index contributed by atoms with van der Waals surface area (Å²) < 4.78 is 5.05. The molecule has 0 aromatic heterocycles. The molecule has 0 aliphatic heterocycles. The Hall–Kier alpha value is -0.940. The van der Waals surface area contributed by atoms with Gasteiger partial charge in [-0.1, -0.05) is 13.8 Å². The lowest BCUT2D eigenvalue weighted by Gasteiger charge is -2.26. The summed E-state index contributed by atoms with van der Waals surface area (Å²) in [6.45, 7) is 5.77. The number of hydrogen-bond donors (Lipinski definition) is 1. The van der Waals surface area contributed by atoms with Crippen LogP contribution in [0.2, 0.25) is 0 Å². The van der Waals surface area contributed by atoms with Crippen molar-refractivity contribution in [2.75, 3.05) is 19.6 Å². The van der Waals surface area contributed by atoms with Crippen LogP contribution in [-0.2, 0) is 14.3 Å². The Kier molecular flexibility index (Phi) is 8.75. The fourth-order valence-corrected chi connectivity index (χ4v) is 1.44. The van der Waals surface area contributed by atoms with Gasteiger partial charge >= 0.3 is 5.97 Å². The molecule has 5 nitrogen and oxygen atoms in total. The summed E-state index contributed by atoms with van der Waals surface area (Å²) >= 11 is 0. The molecule has 0 heterocycles. The Balaban J connectivity index is 4.29. The molecule has 94 valence electrons. The highest BCUT2D eigenvalue weighted by Gasteiger charge is 2.19. The Labute approximate surface area is 96.9 Å². The molecule has 0 fully saturated rings. The minimum atomic E-state index is -0.765. The van der Waals surface area contributed by atoms with Crippen molar-refractivity contribution in [3.63, 3.8) is 0 Å². The molecule has 1 atom stereocenters. The second-order valence-corrected chi connectivity index (χ2v) is 3.59. The van der Waals surface area contributed by atoms with Crippen molar-refractivity contribution in [2.45, 2.75) is 39.3 Å². The highest BCUT2D eigenvalue weighted by atomic mass is 16.6. The van der Waals surface area contributed by atoms with E-state index in [9.17, 15) is 9.59 Å². The normalized spacial score (nSPS) is 12.5. The Morgan fingerprint density at radius 1 is 1.38 bits per heavy atom. The molecule has 0 spiro atoms. The van der Waals surface area contributed by atoms with Crippen LogP contribution >= 0.6 is 0 Å². The molecule has 5 heteroatoms. The summed E-state index contributed by atoms with van der Waals surface area (Å²) in [4.78, 5) is 24.0. The Bertz CT molecular complexity index is 203. The van der Waals surface area contributed by atoms with Crippen LogP contribution in [0, 0.1) is 0 Å². The van der Waals surface area contributed by atoms with Crippen molar-refractivity contribution in [1.82, 2.24) is 4.90 Å². The van der Waals surface area contributed by atoms with Crippen molar-refractivity contribution >= 4 is 12.3 Å². The first-order valence-corrected chi connectivity index (χ1v) is 5.78. The summed E-state index contributed by atoms with van der Waals surface area (Å²) in [5.74, 6) is -0.420. The van der Waals surface area contributed by atoms with Crippen LogP contribution in [-0.4, -0.2) is 43.0 Å². The van der Waals surface area contributed by atoms with Gasteiger partial charge in [-0.2, -0.15) is 0 Å². The van der Waals surface area contributed by atoms with E-state index in [1.165, 1.54) is 0 Å². The smallest absolute Gasteiger partial charge is 0.308 e. The SMILES string of the molecule is CCCN(CCC)C(C=O)OC(=O)CCN. The average Bonchev–Trinajstić information content (AvgIpc) is 2.26. The van der Waals surface area contributed by atoms with Gasteiger partial charge in [0.25, 0.3) is 0 Å². The van der Waals surface area contributed by atoms with Crippen molar-refractivity contribution in [1.29, 1.82) is 0 Å². The molecule has 0 saturated carbocycles. The number of ether oxygens (including phenoxy) is 1. The number of carbonyl (C=O) groups is 2. The number of carbonyl (C=O) groups excluding carboxylic acids is 2. The first kappa shape index (κ1) is 15.1. The molecule has 0 aliphatic carbocycles. The Morgan fingerprint density at radius 2 is 1.94 bits per heavy atom. The van der Waals surface area contributed by atoms with Crippen molar-refractivity contribution in [3.8, 4) is 0 Å². The van der Waals surface area contributed by atoms with Gasteiger partial charge < -0.3 is 10.5 Å². The van der Waals surface area contributed by atoms with E-state index in [0.717, 1.165) is 25.9 Å². The minimum absolute atomic E-state index is 0.149. The van der Waals surface area contributed by atoms with Gasteiger partial charge in [0, 0.05) is 19.6 Å². The Morgan fingerprint density at radius 3 is 2.31 bits per heavy atom. The van der Waals surface area contributed by atoms with E-state index in [-0.39, 0.29) is 13.0 Å². The number of hydrogen-bond acceptors (Lipinski definition) is 5. The van der Waals surface area contributed by atoms with Crippen molar-refractivity contribution in [2.24, 2.45) is 5.73 Å². The summed E-state index contributed by atoms with van der Waals surface area (Å²) in [6, 6.07) is 0. The summed E-state index contributed by atoms with van der Waals surface area (Å²) in [6.07, 6.45) is 1.88. The van der Waals surface area contributed by atoms with E-state index >= 15 is 0 Å². The summed E-state index contributed by atoms with van der Waals surface area (Å²) in [5.41, 5.74) is 5.24. The number of nitrogens with two attached hydrogens (primary N) is 1. The van der Waals surface area contributed by atoms with Crippen LogP contribution in [0.4, 0.5) is 0 Å². The van der Waals surface area contributed by atoms with Gasteiger partial charge in [0.1, 0.15) is 0 Å². The molecule has 0 aromatic rings. The van der Waals surface area contributed by atoms with E-state index in [4.69, 9.17) is 10.5 Å². The lowest BCUT2D eigenvalue weighted by atomic mass is 10.3. The fourth-order valence-electron chi connectivity index (χ4n) is 1.44. The molecule has 0 aromatic carbocycles. The van der Waals surface area contributed by atoms with E-state index in [1.54, 1.807) is 0 Å². The van der Waals surface area contributed by atoms with Gasteiger partial charge in [-0.15, -0.1) is 0 Å². The molecule has 0 bridgehead atoms. The molecular weight excluding hydrogens is 208 g/mol. The maximum Gasteiger partial charge on any atom is 0.308 e. The van der Waals surface area contributed by atoms with E-state index in [0.29, 0.717) is 6.29 Å². The second-order valence-electron chi connectivity index (χ2n) is 3.59. The second kappa shape index (κ2) is 9.30. The topological polar surface area (TPSA) is 72.6 Å². The first-order valence-electron chi connectivity index (χ1n) is 5.78. The maximum absolute atomic E-state index is 11.2.